The molecule has 0 heterocycles. The first-order chi connectivity index (χ1) is 11.7. The summed E-state index contributed by atoms with van der Waals surface area (Å²) in [4.78, 5) is 1.04. The highest BCUT2D eigenvalue weighted by Crippen LogP contribution is 2.29. The lowest BCUT2D eigenvalue weighted by Crippen LogP contribution is -2.20. The molecule has 0 amide bonds. The van der Waals surface area contributed by atoms with Gasteiger partial charge in [-0.15, -0.1) is 11.8 Å². The van der Waals surface area contributed by atoms with Gasteiger partial charge in [0.1, 0.15) is 0 Å². The van der Waals surface area contributed by atoms with Crippen molar-refractivity contribution in [2.24, 2.45) is 0 Å². The van der Waals surface area contributed by atoms with Crippen LogP contribution in [0.15, 0.2) is 65.6 Å². The number of hydrogen-bond donors (Lipinski definition) is 1. The average molecular weight is 376 g/mol. The van der Waals surface area contributed by atoms with Crippen LogP contribution in [0.1, 0.15) is 5.56 Å². The lowest BCUT2D eigenvalue weighted by molar-refractivity contribution is 0.723. The average Bonchev–Trinajstić information content (AvgIpc) is 2.61. The fourth-order valence-electron chi connectivity index (χ4n) is 2.68. The van der Waals surface area contributed by atoms with E-state index in [1.807, 2.05) is 18.2 Å². The maximum atomic E-state index is 6.17. The molecule has 3 aromatic rings. The zero-order chi connectivity index (χ0) is 16.8. The van der Waals surface area contributed by atoms with Gasteiger partial charge in [-0.2, -0.15) is 0 Å². The molecule has 1 N–H and O–H groups in total. The van der Waals surface area contributed by atoms with Crippen molar-refractivity contribution in [3.63, 3.8) is 0 Å². The van der Waals surface area contributed by atoms with Crippen molar-refractivity contribution in [3.05, 3.63) is 76.3 Å². The number of rotatable bonds is 7. The number of halogens is 2. The molecule has 0 bridgehead atoms. The first kappa shape index (κ1) is 17.6. The number of hydrogen-bond acceptors (Lipinski definition) is 2. The Labute approximate surface area is 157 Å². The number of benzene rings is 3. The van der Waals surface area contributed by atoms with Crippen LogP contribution < -0.4 is 5.32 Å². The van der Waals surface area contributed by atoms with Crippen LogP contribution in [-0.4, -0.2) is 18.8 Å². The van der Waals surface area contributed by atoms with E-state index in [-0.39, 0.29) is 0 Å². The van der Waals surface area contributed by atoms with Crippen molar-refractivity contribution >= 4 is 45.7 Å². The molecule has 0 radical (unpaired) electrons. The molecule has 0 aromatic heterocycles. The zero-order valence-electron chi connectivity index (χ0n) is 13.3. The van der Waals surface area contributed by atoms with Crippen molar-refractivity contribution in [1.82, 2.24) is 5.32 Å². The second kappa shape index (κ2) is 8.77. The first-order valence-electron chi connectivity index (χ1n) is 7.99. The van der Waals surface area contributed by atoms with Gasteiger partial charge in [0, 0.05) is 22.2 Å². The molecular formula is C20H19Cl2NS. The van der Waals surface area contributed by atoms with Gasteiger partial charge < -0.3 is 5.32 Å². The van der Waals surface area contributed by atoms with Crippen LogP contribution in [0, 0.1) is 0 Å². The Morgan fingerprint density at radius 2 is 1.71 bits per heavy atom. The molecular weight excluding hydrogens is 357 g/mol. The van der Waals surface area contributed by atoms with Crippen LogP contribution >= 0.6 is 35.0 Å². The molecule has 0 saturated carbocycles. The van der Waals surface area contributed by atoms with Gasteiger partial charge in [0.15, 0.2) is 0 Å². The summed E-state index contributed by atoms with van der Waals surface area (Å²) in [5.41, 5.74) is 1.39. The number of fused-ring (bicyclic) bond motifs is 1. The highest BCUT2D eigenvalue weighted by Gasteiger charge is 2.03. The van der Waals surface area contributed by atoms with Crippen LogP contribution in [0.4, 0.5) is 0 Å². The fraction of sp³-hybridized carbons (Fsp3) is 0.200. The summed E-state index contributed by atoms with van der Waals surface area (Å²) in [5.74, 6) is 0.968. The summed E-state index contributed by atoms with van der Waals surface area (Å²) in [6, 6.07) is 20.6. The third-order valence-corrected chi connectivity index (χ3v) is 5.61. The van der Waals surface area contributed by atoms with E-state index in [4.69, 9.17) is 23.2 Å². The van der Waals surface area contributed by atoms with Gasteiger partial charge in [-0.3, -0.25) is 0 Å². The first-order valence-corrected chi connectivity index (χ1v) is 9.73. The second-order valence-electron chi connectivity index (χ2n) is 5.56. The molecule has 0 unspecified atom stereocenters. The Morgan fingerprint density at radius 3 is 2.62 bits per heavy atom. The normalized spacial score (nSPS) is 11.1. The SMILES string of the molecule is Clc1ccc(Cl)c(SCCNCCc2cccc3ccccc23)c1. The van der Waals surface area contributed by atoms with E-state index < -0.39 is 0 Å². The second-order valence-corrected chi connectivity index (χ2v) is 7.54. The fourth-order valence-corrected chi connectivity index (χ4v) is 4.08. The van der Waals surface area contributed by atoms with Crippen molar-refractivity contribution < 1.29 is 0 Å². The number of thioether (sulfide) groups is 1. The summed E-state index contributed by atoms with van der Waals surface area (Å²) in [6.07, 6.45) is 1.03. The summed E-state index contributed by atoms with van der Waals surface area (Å²) >= 11 is 13.9. The van der Waals surface area contributed by atoms with Gasteiger partial charge in [0.2, 0.25) is 0 Å². The summed E-state index contributed by atoms with van der Waals surface area (Å²) in [6.45, 7) is 1.91. The van der Waals surface area contributed by atoms with Gasteiger partial charge in [0.25, 0.3) is 0 Å². The molecule has 0 aliphatic carbocycles. The number of nitrogens with one attached hydrogen (secondary N) is 1. The maximum absolute atomic E-state index is 6.17. The quantitative estimate of drug-likeness (QED) is 0.397. The molecule has 0 saturated heterocycles. The molecule has 0 atom stereocenters. The van der Waals surface area contributed by atoms with Gasteiger partial charge >= 0.3 is 0 Å². The Balaban J connectivity index is 1.45. The Hall–Kier alpha value is -1.19. The van der Waals surface area contributed by atoms with Crippen LogP contribution in [0.5, 0.6) is 0 Å². The molecule has 3 aromatic carbocycles. The van der Waals surface area contributed by atoms with E-state index in [9.17, 15) is 0 Å². The van der Waals surface area contributed by atoms with Gasteiger partial charge in [-0.25, -0.2) is 0 Å². The molecule has 3 rings (SSSR count). The maximum Gasteiger partial charge on any atom is 0.0542 e. The van der Waals surface area contributed by atoms with Gasteiger partial charge in [-0.05, 0) is 47.5 Å². The van der Waals surface area contributed by atoms with E-state index in [0.29, 0.717) is 0 Å². The van der Waals surface area contributed by atoms with Gasteiger partial charge in [0.05, 0.1) is 5.02 Å². The summed E-state index contributed by atoms with van der Waals surface area (Å²) in [7, 11) is 0. The standard InChI is InChI=1S/C20H19Cl2NS/c21-17-8-9-19(22)20(14-17)24-13-12-23-11-10-16-6-3-5-15-4-1-2-7-18(15)16/h1-9,14,23H,10-13H2. The van der Waals surface area contributed by atoms with Crippen LogP contribution in [-0.2, 0) is 6.42 Å². The third-order valence-electron chi connectivity index (χ3n) is 3.88. The minimum absolute atomic E-state index is 0.728. The molecule has 1 nitrogen and oxygen atoms in total. The van der Waals surface area contributed by atoms with E-state index in [2.05, 4.69) is 47.8 Å². The minimum atomic E-state index is 0.728. The largest absolute Gasteiger partial charge is 0.316 e. The van der Waals surface area contributed by atoms with E-state index in [0.717, 1.165) is 40.2 Å². The Morgan fingerprint density at radius 1 is 0.875 bits per heavy atom. The van der Waals surface area contributed by atoms with Crippen molar-refractivity contribution in [2.75, 3.05) is 18.8 Å². The smallest absolute Gasteiger partial charge is 0.0542 e. The van der Waals surface area contributed by atoms with Crippen LogP contribution in [0.25, 0.3) is 10.8 Å². The molecule has 0 aliphatic heterocycles. The predicted molar refractivity (Wildman–Crippen MR) is 108 cm³/mol. The van der Waals surface area contributed by atoms with Gasteiger partial charge in [-0.1, -0.05) is 65.7 Å². The molecule has 4 heteroatoms. The molecule has 24 heavy (non-hydrogen) atoms. The Bertz CT molecular complexity index is 814. The monoisotopic (exact) mass is 375 g/mol. The third kappa shape index (κ3) is 4.67. The molecule has 0 fully saturated rings. The molecule has 124 valence electrons. The molecule has 0 spiro atoms. The van der Waals surface area contributed by atoms with Crippen LogP contribution in [0.2, 0.25) is 10.0 Å². The summed E-state index contributed by atoms with van der Waals surface area (Å²) in [5, 5.41) is 7.65. The topological polar surface area (TPSA) is 12.0 Å². The zero-order valence-corrected chi connectivity index (χ0v) is 15.6. The summed E-state index contributed by atoms with van der Waals surface area (Å²) < 4.78 is 0. The molecule has 0 aliphatic rings. The van der Waals surface area contributed by atoms with E-state index >= 15 is 0 Å². The van der Waals surface area contributed by atoms with E-state index in [1.165, 1.54) is 16.3 Å². The van der Waals surface area contributed by atoms with Crippen molar-refractivity contribution in [1.29, 1.82) is 0 Å². The highest BCUT2D eigenvalue weighted by atomic mass is 35.5. The van der Waals surface area contributed by atoms with E-state index in [1.54, 1.807) is 11.8 Å². The predicted octanol–water partition coefficient (Wildman–Crippen LogP) is 6.07. The lowest BCUT2D eigenvalue weighted by Gasteiger charge is -2.08. The van der Waals surface area contributed by atoms with Crippen LogP contribution in [0.3, 0.4) is 0 Å². The van der Waals surface area contributed by atoms with Crippen molar-refractivity contribution in [3.8, 4) is 0 Å². The van der Waals surface area contributed by atoms with Crippen molar-refractivity contribution in [2.45, 2.75) is 11.3 Å². The lowest BCUT2D eigenvalue weighted by atomic mass is 10.0. The Kier molecular flexibility index (Phi) is 6.44. The minimum Gasteiger partial charge on any atom is -0.316 e. The highest BCUT2D eigenvalue weighted by molar-refractivity contribution is 7.99.